The smallest absolute Gasteiger partial charge is 0.223 e. The van der Waals surface area contributed by atoms with E-state index in [0.29, 0.717) is 6.04 Å². The lowest BCUT2D eigenvalue weighted by Gasteiger charge is -2.33. The van der Waals surface area contributed by atoms with Gasteiger partial charge in [-0.05, 0) is 66.0 Å². The van der Waals surface area contributed by atoms with Crippen LogP contribution in [0.25, 0.3) is 0 Å². The Kier molecular flexibility index (Phi) is 5.68. The van der Waals surface area contributed by atoms with E-state index in [0.717, 1.165) is 47.9 Å². The summed E-state index contributed by atoms with van der Waals surface area (Å²) < 4.78 is 6.30. The predicted octanol–water partition coefficient (Wildman–Crippen LogP) is 3.63. The Morgan fingerprint density at radius 1 is 1.38 bits per heavy atom. The monoisotopic (exact) mass is 390 g/mol. The Morgan fingerprint density at radius 3 is 3.00 bits per heavy atom. The predicted molar refractivity (Wildman–Crippen MR) is 99.4 cm³/mol. The zero-order valence-electron chi connectivity index (χ0n) is 14.1. The molecule has 2 heterocycles. The SMILES string of the molecule is COc1ccc(CN2CCCC(Nc3nccc(C)n3)C2)cc1Br. The third-order valence-electron chi connectivity index (χ3n) is 4.26. The Hall–Kier alpha value is -1.66. The van der Waals surface area contributed by atoms with E-state index in [-0.39, 0.29) is 0 Å². The van der Waals surface area contributed by atoms with Gasteiger partial charge in [-0.3, -0.25) is 4.90 Å². The highest BCUT2D eigenvalue weighted by molar-refractivity contribution is 9.10. The zero-order chi connectivity index (χ0) is 16.9. The third kappa shape index (κ3) is 4.45. The van der Waals surface area contributed by atoms with Gasteiger partial charge >= 0.3 is 0 Å². The Labute approximate surface area is 151 Å². The van der Waals surface area contributed by atoms with Gasteiger partial charge in [-0.25, -0.2) is 9.97 Å². The summed E-state index contributed by atoms with van der Waals surface area (Å²) in [4.78, 5) is 11.2. The van der Waals surface area contributed by atoms with Crippen molar-refractivity contribution in [2.45, 2.75) is 32.4 Å². The molecule has 1 aliphatic heterocycles. The molecule has 1 N–H and O–H groups in total. The third-order valence-corrected chi connectivity index (χ3v) is 4.88. The number of methoxy groups -OCH3 is 1. The van der Waals surface area contributed by atoms with Crippen molar-refractivity contribution in [3.05, 3.63) is 46.2 Å². The number of benzene rings is 1. The van der Waals surface area contributed by atoms with Crippen LogP contribution in [0, 0.1) is 6.92 Å². The molecule has 2 aromatic rings. The van der Waals surface area contributed by atoms with Crippen molar-refractivity contribution in [2.75, 3.05) is 25.5 Å². The Balaban J connectivity index is 1.60. The number of aromatic nitrogens is 2. The highest BCUT2D eigenvalue weighted by atomic mass is 79.9. The number of hydrogen-bond donors (Lipinski definition) is 1. The summed E-state index contributed by atoms with van der Waals surface area (Å²) in [5.41, 5.74) is 2.28. The van der Waals surface area contributed by atoms with E-state index in [4.69, 9.17) is 4.74 Å². The summed E-state index contributed by atoms with van der Waals surface area (Å²) in [5.74, 6) is 1.60. The summed E-state index contributed by atoms with van der Waals surface area (Å²) in [6.45, 7) is 5.05. The van der Waals surface area contributed by atoms with E-state index >= 15 is 0 Å². The first-order valence-electron chi connectivity index (χ1n) is 8.25. The maximum Gasteiger partial charge on any atom is 0.223 e. The number of halogens is 1. The summed E-state index contributed by atoms with van der Waals surface area (Å²) in [5, 5.41) is 3.47. The standard InChI is InChI=1S/C18H23BrN4O/c1-13-7-8-20-18(21-13)22-15-4-3-9-23(12-15)11-14-5-6-17(24-2)16(19)10-14/h5-8,10,15H,3-4,9,11-12H2,1-2H3,(H,20,21,22). The number of nitrogens with zero attached hydrogens (tertiary/aromatic N) is 3. The summed E-state index contributed by atoms with van der Waals surface area (Å²) >= 11 is 3.56. The van der Waals surface area contributed by atoms with Crippen molar-refractivity contribution in [2.24, 2.45) is 0 Å². The summed E-state index contributed by atoms with van der Waals surface area (Å²) in [6, 6.07) is 8.59. The van der Waals surface area contributed by atoms with Crippen molar-refractivity contribution in [3.8, 4) is 5.75 Å². The minimum Gasteiger partial charge on any atom is -0.496 e. The lowest BCUT2D eigenvalue weighted by Crippen LogP contribution is -2.41. The first-order chi connectivity index (χ1) is 11.6. The highest BCUT2D eigenvalue weighted by Gasteiger charge is 2.20. The van der Waals surface area contributed by atoms with Crippen molar-refractivity contribution < 1.29 is 4.74 Å². The molecule has 0 bridgehead atoms. The number of hydrogen-bond acceptors (Lipinski definition) is 5. The number of ether oxygens (including phenoxy) is 1. The fraction of sp³-hybridized carbons (Fsp3) is 0.444. The largest absolute Gasteiger partial charge is 0.496 e. The van der Waals surface area contributed by atoms with Gasteiger partial charge in [0.25, 0.3) is 0 Å². The van der Waals surface area contributed by atoms with Crippen molar-refractivity contribution in [1.82, 2.24) is 14.9 Å². The van der Waals surface area contributed by atoms with Crippen LogP contribution in [0.4, 0.5) is 5.95 Å². The molecule has 1 atom stereocenters. The van der Waals surface area contributed by atoms with Crippen molar-refractivity contribution >= 4 is 21.9 Å². The van der Waals surface area contributed by atoms with Crippen LogP contribution in [0.5, 0.6) is 5.75 Å². The van der Waals surface area contributed by atoms with Crippen LogP contribution in [0.15, 0.2) is 34.9 Å². The van der Waals surface area contributed by atoms with Crippen LogP contribution >= 0.6 is 15.9 Å². The Morgan fingerprint density at radius 2 is 2.25 bits per heavy atom. The molecule has 0 amide bonds. The molecule has 6 heteroatoms. The van der Waals surface area contributed by atoms with Gasteiger partial charge in [0.2, 0.25) is 5.95 Å². The lowest BCUT2D eigenvalue weighted by atomic mass is 10.0. The van der Waals surface area contributed by atoms with Gasteiger partial charge in [0.1, 0.15) is 5.75 Å². The molecule has 5 nitrogen and oxygen atoms in total. The average molecular weight is 391 g/mol. The number of likely N-dealkylation sites (tertiary alicyclic amines) is 1. The maximum atomic E-state index is 5.30. The molecule has 1 unspecified atom stereocenters. The molecule has 128 valence electrons. The van der Waals surface area contributed by atoms with Gasteiger partial charge < -0.3 is 10.1 Å². The number of nitrogens with one attached hydrogen (secondary N) is 1. The number of piperidine rings is 1. The Bertz CT molecular complexity index is 694. The topological polar surface area (TPSA) is 50.3 Å². The molecule has 24 heavy (non-hydrogen) atoms. The first kappa shape index (κ1) is 17.2. The molecular formula is C18H23BrN4O. The average Bonchev–Trinajstić information content (AvgIpc) is 2.55. The zero-order valence-corrected chi connectivity index (χ0v) is 15.7. The van der Waals surface area contributed by atoms with Gasteiger partial charge in [-0.1, -0.05) is 6.07 Å². The summed E-state index contributed by atoms with van der Waals surface area (Å²) in [7, 11) is 1.69. The quantitative estimate of drug-likeness (QED) is 0.844. The maximum absolute atomic E-state index is 5.30. The van der Waals surface area contributed by atoms with E-state index < -0.39 is 0 Å². The molecule has 1 saturated heterocycles. The molecule has 3 rings (SSSR count). The number of rotatable bonds is 5. The molecule has 0 spiro atoms. The number of aryl methyl sites for hydroxylation is 1. The van der Waals surface area contributed by atoms with Crippen LogP contribution in [0.2, 0.25) is 0 Å². The highest BCUT2D eigenvalue weighted by Crippen LogP contribution is 2.26. The van der Waals surface area contributed by atoms with Gasteiger partial charge in [0, 0.05) is 31.0 Å². The normalized spacial score (nSPS) is 18.4. The molecule has 1 fully saturated rings. The second-order valence-corrected chi connectivity index (χ2v) is 7.06. The molecule has 1 aromatic heterocycles. The molecular weight excluding hydrogens is 368 g/mol. The molecule has 0 aliphatic carbocycles. The van der Waals surface area contributed by atoms with Crippen molar-refractivity contribution in [1.29, 1.82) is 0 Å². The molecule has 1 aliphatic rings. The van der Waals surface area contributed by atoms with Gasteiger partial charge in [-0.15, -0.1) is 0 Å². The molecule has 1 aromatic carbocycles. The van der Waals surface area contributed by atoms with Gasteiger partial charge in [-0.2, -0.15) is 0 Å². The minimum atomic E-state index is 0.391. The second kappa shape index (κ2) is 7.94. The fourth-order valence-electron chi connectivity index (χ4n) is 3.08. The van der Waals surface area contributed by atoms with E-state index in [1.165, 1.54) is 12.0 Å². The van der Waals surface area contributed by atoms with Crippen molar-refractivity contribution in [3.63, 3.8) is 0 Å². The van der Waals surface area contributed by atoms with E-state index in [1.54, 1.807) is 13.3 Å². The molecule has 0 saturated carbocycles. The van der Waals surface area contributed by atoms with E-state index in [9.17, 15) is 0 Å². The van der Waals surface area contributed by atoms with Crippen LogP contribution in [-0.4, -0.2) is 41.1 Å². The minimum absolute atomic E-state index is 0.391. The first-order valence-corrected chi connectivity index (χ1v) is 9.04. The fourth-order valence-corrected chi connectivity index (χ4v) is 3.67. The van der Waals surface area contributed by atoms with Gasteiger partial charge in [0.05, 0.1) is 11.6 Å². The van der Waals surface area contributed by atoms with E-state index in [1.807, 2.05) is 19.1 Å². The lowest BCUT2D eigenvalue weighted by molar-refractivity contribution is 0.208. The number of anilines is 1. The summed E-state index contributed by atoms with van der Waals surface area (Å²) in [6.07, 6.45) is 4.14. The van der Waals surface area contributed by atoms with Crippen LogP contribution < -0.4 is 10.1 Å². The van der Waals surface area contributed by atoms with Gasteiger partial charge in [0.15, 0.2) is 0 Å². The van der Waals surface area contributed by atoms with Crippen LogP contribution in [0.3, 0.4) is 0 Å². The molecule has 0 radical (unpaired) electrons. The second-order valence-electron chi connectivity index (χ2n) is 6.21. The van der Waals surface area contributed by atoms with Crippen LogP contribution in [0.1, 0.15) is 24.1 Å². The van der Waals surface area contributed by atoms with Crippen LogP contribution in [-0.2, 0) is 6.54 Å². The van der Waals surface area contributed by atoms with E-state index in [2.05, 4.69) is 48.2 Å².